The molecule has 2 aliphatic rings. The number of ether oxygens (including phenoxy) is 4. The Hall–Kier alpha value is -2.54. The fourth-order valence-corrected chi connectivity index (χ4v) is 3.31. The lowest BCUT2D eigenvalue weighted by Crippen LogP contribution is -2.26. The summed E-state index contributed by atoms with van der Waals surface area (Å²) in [5.41, 5.74) is 1.01. The molecule has 0 spiro atoms. The number of cyclic esters (lactones) is 1. The Labute approximate surface area is 137 Å². The first kappa shape index (κ1) is 15.0. The van der Waals surface area contributed by atoms with Crippen molar-refractivity contribution in [2.75, 3.05) is 20.3 Å². The lowest BCUT2D eigenvalue weighted by atomic mass is 9.96. The van der Waals surface area contributed by atoms with E-state index in [0.29, 0.717) is 47.5 Å². The molecule has 0 bridgehead atoms. The summed E-state index contributed by atoms with van der Waals surface area (Å²) in [6.45, 7) is 2.62. The number of hydrogen-bond donors (Lipinski definition) is 0. The van der Waals surface area contributed by atoms with Crippen molar-refractivity contribution in [2.45, 2.75) is 26.1 Å². The van der Waals surface area contributed by atoms with Crippen LogP contribution >= 0.6 is 0 Å². The zero-order chi connectivity index (χ0) is 16.8. The molecular weight excluding hydrogens is 316 g/mol. The zero-order valence-electron chi connectivity index (χ0n) is 13.3. The van der Waals surface area contributed by atoms with Gasteiger partial charge in [-0.25, -0.2) is 9.59 Å². The molecule has 1 aromatic heterocycles. The molecule has 2 aromatic rings. The van der Waals surface area contributed by atoms with Crippen LogP contribution in [0.5, 0.6) is 11.5 Å². The van der Waals surface area contributed by atoms with Gasteiger partial charge in [-0.1, -0.05) is 0 Å². The predicted octanol–water partition coefficient (Wildman–Crippen LogP) is 1.81. The molecule has 3 heterocycles. The number of benzene rings is 1. The van der Waals surface area contributed by atoms with Gasteiger partial charge in [0, 0.05) is 31.1 Å². The number of hydrogen-bond acceptors (Lipinski definition) is 7. The SMILES string of the molecule is CCOC1Cc2c(cc(OC)c3c4c(c(=O)oc23)C(=O)OCC4)O1. The quantitative estimate of drug-likeness (QED) is 0.626. The summed E-state index contributed by atoms with van der Waals surface area (Å²) < 4.78 is 27.1. The molecule has 0 fully saturated rings. The molecule has 126 valence electrons. The molecular formula is C17H16O7. The summed E-state index contributed by atoms with van der Waals surface area (Å²) in [4.78, 5) is 24.3. The van der Waals surface area contributed by atoms with Crippen LogP contribution in [0.2, 0.25) is 0 Å². The van der Waals surface area contributed by atoms with Gasteiger partial charge in [0.05, 0.1) is 19.1 Å². The number of esters is 1. The van der Waals surface area contributed by atoms with E-state index in [1.807, 2.05) is 6.92 Å². The molecule has 4 rings (SSSR count). The van der Waals surface area contributed by atoms with Crippen LogP contribution < -0.4 is 15.1 Å². The Morgan fingerprint density at radius 2 is 2.12 bits per heavy atom. The van der Waals surface area contributed by atoms with E-state index >= 15 is 0 Å². The molecule has 24 heavy (non-hydrogen) atoms. The average molecular weight is 332 g/mol. The molecule has 1 aromatic carbocycles. The van der Waals surface area contributed by atoms with Crippen LogP contribution in [0.15, 0.2) is 15.3 Å². The predicted molar refractivity (Wildman–Crippen MR) is 82.8 cm³/mol. The average Bonchev–Trinajstić information content (AvgIpc) is 2.97. The first-order chi connectivity index (χ1) is 11.6. The van der Waals surface area contributed by atoms with Gasteiger partial charge in [-0.2, -0.15) is 0 Å². The van der Waals surface area contributed by atoms with Gasteiger partial charge in [-0.3, -0.25) is 0 Å². The summed E-state index contributed by atoms with van der Waals surface area (Å²) >= 11 is 0. The van der Waals surface area contributed by atoms with E-state index in [9.17, 15) is 9.59 Å². The Bertz CT molecular complexity index is 896. The third-order valence-corrected chi connectivity index (χ3v) is 4.30. The van der Waals surface area contributed by atoms with E-state index in [4.69, 9.17) is 23.4 Å². The van der Waals surface area contributed by atoms with Gasteiger partial charge in [-0.15, -0.1) is 0 Å². The summed E-state index contributed by atoms with van der Waals surface area (Å²) in [5, 5.41) is 0.628. The van der Waals surface area contributed by atoms with Crippen molar-refractivity contribution < 1.29 is 28.2 Å². The first-order valence-corrected chi connectivity index (χ1v) is 7.79. The molecule has 7 nitrogen and oxygen atoms in total. The van der Waals surface area contributed by atoms with E-state index in [0.717, 1.165) is 5.56 Å². The van der Waals surface area contributed by atoms with Gasteiger partial charge in [-0.05, 0) is 12.5 Å². The van der Waals surface area contributed by atoms with Crippen LogP contribution in [0.4, 0.5) is 0 Å². The number of carbonyl (C=O) groups is 1. The van der Waals surface area contributed by atoms with Crippen molar-refractivity contribution in [3.63, 3.8) is 0 Å². The first-order valence-electron chi connectivity index (χ1n) is 7.79. The maximum atomic E-state index is 12.3. The second-order valence-electron chi connectivity index (χ2n) is 5.60. The molecule has 1 unspecified atom stereocenters. The third kappa shape index (κ3) is 2.08. The highest BCUT2D eigenvalue weighted by atomic mass is 16.7. The van der Waals surface area contributed by atoms with Crippen LogP contribution in [-0.4, -0.2) is 32.6 Å². The van der Waals surface area contributed by atoms with Crippen LogP contribution in [0.1, 0.15) is 28.4 Å². The van der Waals surface area contributed by atoms with Crippen molar-refractivity contribution in [3.8, 4) is 11.5 Å². The number of fused-ring (bicyclic) bond motifs is 5. The second kappa shape index (κ2) is 5.52. The minimum absolute atomic E-state index is 0.0488. The molecule has 1 atom stereocenters. The maximum Gasteiger partial charge on any atom is 0.351 e. The number of carbonyl (C=O) groups excluding carboxylic acids is 1. The van der Waals surface area contributed by atoms with E-state index in [2.05, 4.69) is 0 Å². The van der Waals surface area contributed by atoms with Crippen LogP contribution in [0.25, 0.3) is 11.0 Å². The van der Waals surface area contributed by atoms with Crippen molar-refractivity contribution in [2.24, 2.45) is 0 Å². The van der Waals surface area contributed by atoms with E-state index in [1.54, 1.807) is 6.07 Å². The standard InChI is InChI=1S/C17H16O7/c1-3-21-12-6-9-10(23-12)7-11(20-2)13-8-4-5-22-16(18)14(8)17(19)24-15(9)13/h7,12H,3-6H2,1-2H3. The van der Waals surface area contributed by atoms with Crippen molar-refractivity contribution in [1.29, 1.82) is 0 Å². The molecule has 0 saturated heterocycles. The van der Waals surface area contributed by atoms with Crippen LogP contribution in [0.3, 0.4) is 0 Å². The van der Waals surface area contributed by atoms with Gasteiger partial charge in [0.2, 0.25) is 6.29 Å². The smallest absolute Gasteiger partial charge is 0.351 e. The van der Waals surface area contributed by atoms with E-state index in [1.165, 1.54) is 7.11 Å². The van der Waals surface area contributed by atoms with Gasteiger partial charge in [0.15, 0.2) is 0 Å². The fraction of sp³-hybridized carbons (Fsp3) is 0.412. The lowest BCUT2D eigenvalue weighted by Gasteiger charge is -2.18. The molecule has 0 radical (unpaired) electrons. The van der Waals surface area contributed by atoms with Crippen LogP contribution in [0, 0.1) is 0 Å². The van der Waals surface area contributed by atoms with Gasteiger partial charge in [0.1, 0.15) is 22.6 Å². The Balaban J connectivity index is 2.02. The summed E-state index contributed by atoms with van der Waals surface area (Å²) in [6, 6.07) is 1.75. The lowest BCUT2D eigenvalue weighted by molar-refractivity contribution is -0.0602. The Kier molecular flexibility index (Phi) is 3.45. The minimum Gasteiger partial charge on any atom is -0.496 e. The van der Waals surface area contributed by atoms with Gasteiger partial charge >= 0.3 is 11.6 Å². The fourth-order valence-electron chi connectivity index (χ4n) is 3.31. The molecule has 0 amide bonds. The summed E-state index contributed by atoms with van der Waals surface area (Å²) in [5.74, 6) is 0.410. The zero-order valence-corrected chi connectivity index (χ0v) is 13.3. The summed E-state index contributed by atoms with van der Waals surface area (Å²) in [7, 11) is 1.52. The molecule has 2 aliphatic heterocycles. The highest BCUT2D eigenvalue weighted by Crippen LogP contribution is 2.42. The molecule has 0 aliphatic carbocycles. The highest BCUT2D eigenvalue weighted by molar-refractivity contribution is 6.00. The number of methoxy groups -OCH3 is 1. The van der Waals surface area contributed by atoms with Gasteiger partial charge < -0.3 is 23.4 Å². The monoisotopic (exact) mass is 332 g/mol. The summed E-state index contributed by atoms with van der Waals surface area (Å²) in [6.07, 6.45) is 0.482. The molecule has 7 heteroatoms. The normalized spacial score (nSPS) is 18.8. The van der Waals surface area contributed by atoms with Crippen molar-refractivity contribution >= 4 is 16.9 Å². The van der Waals surface area contributed by atoms with E-state index in [-0.39, 0.29) is 12.2 Å². The van der Waals surface area contributed by atoms with Crippen molar-refractivity contribution in [1.82, 2.24) is 0 Å². The van der Waals surface area contributed by atoms with Crippen LogP contribution in [-0.2, 0) is 22.3 Å². The largest absolute Gasteiger partial charge is 0.496 e. The Morgan fingerprint density at radius 1 is 1.29 bits per heavy atom. The molecule has 0 saturated carbocycles. The topological polar surface area (TPSA) is 84.2 Å². The third-order valence-electron chi connectivity index (χ3n) is 4.30. The highest BCUT2D eigenvalue weighted by Gasteiger charge is 2.33. The molecule has 0 N–H and O–H groups in total. The van der Waals surface area contributed by atoms with Gasteiger partial charge in [0.25, 0.3) is 0 Å². The number of rotatable bonds is 3. The van der Waals surface area contributed by atoms with E-state index < -0.39 is 17.9 Å². The minimum atomic E-state index is -0.697. The van der Waals surface area contributed by atoms with Crippen molar-refractivity contribution in [3.05, 3.63) is 33.2 Å². The Morgan fingerprint density at radius 3 is 2.88 bits per heavy atom. The maximum absolute atomic E-state index is 12.3. The second-order valence-corrected chi connectivity index (χ2v) is 5.60.